The van der Waals surface area contributed by atoms with E-state index in [1.165, 1.54) is 31.0 Å². The Bertz CT molecular complexity index is 681. The standard InChI is InChI=1S/C18H21NO3S2/c1-21-14-8-9-15(22-2)12(10-14)11-16-17(20)19(18(23)24-16)13-6-4-3-5-7-13/h8-11,13H,3-7H2,1-2H3/b16-11-. The predicted molar refractivity (Wildman–Crippen MR) is 101 cm³/mol. The van der Waals surface area contributed by atoms with Gasteiger partial charge >= 0.3 is 0 Å². The van der Waals surface area contributed by atoms with Gasteiger partial charge in [0.2, 0.25) is 0 Å². The zero-order valence-corrected chi connectivity index (χ0v) is 15.5. The van der Waals surface area contributed by atoms with Crippen LogP contribution in [0.15, 0.2) is 23.1 Å². The topological polar surface area (TPSA) is 38.8 Å². The normalized spacial score (nSPS) is 20.8. The number of thioether (sulfide) groups is 1. The summed E-state index contributed by atoms with van der Waals surface area (Å²) in [6.07, 6.45) is 7.53. The molecule has 0 bridgehead atoms. The number of benzene rings is 1. The van der Waals surface area contributed by atoms with Crippen LogP contribution in [-0.4, -0.2) is 35.4 Å². The van der Waals surface area contributed by atoms with E-state index in [9.17, 15) is 4.79 Å². The fourth-order valence-corrected chi connectivity index (χ4v) is 4.62. The maximum absolute atomic E-state index is 12.9. The van der Waals surface area contributed by atoms with E-state index >= 15 is 0 Å². The Morgan fingerprint density at radius 1 is 1.21 bits per heavy atom. The smallest absolute Gasteiger partial charge is 0.266 e. The highest BCUT2D eigenvalue weighted by molar-refractivity contribution is 8.26. The number of nitrogens with zero attached hydrogens (tertiary/aromatic N) is 1. The molecular formula is C18H21NO3S2. The van der Waals surface area contributed by atoms with Crippen molar-refractivity contribution < 1.29 is 14.3 Å². The first-order valence-corrected chi connectivity index (χ1v) is 9.35. The Kier molecular flexibility index (Phi) is 5.46. The molecular weight excluding hydrogens is 342 g/mol. The van der Waals surface area contributed by atoms with Crippen LogP contribution < -0.4 is 9.47 Å². The Morgan fingerprint density at radius 2 is 1.96 bits per heavy atom. The summed E-state index contributed by atoms with van der Waals surface area (Å²) in [5.74, 6) is 1.45. The van der Waals surface area contributed by atoms with E-state index < -0.39 is 0 Å². The fourth-order valence-electron chi connectivity index (χ4n) is 3.23. The molecule has 1 saturated carbocycles. The first kappa shape index (κ1) is 17.3. The Balaban J connectivity index is 1.88. The number of carbonyl (C=O) groups is 1. The number of methoxy groups -OCH3 is 2. The van der Waals surface area contributed by atoms with Crippen LogP contribution in [0.4, 0.5) is 0 Å². The molecule has 2 fully saturated rings. The van der Waals surface area contributed by atoms with E-state index in [0.29, 0.717) is 15.0 Å². The summed E-state index contributed by atoms with van der Waals surface area (Å²) in [6.45, 7) is 0. The maximum atomic E-state index is 12.9. The van der Waals surface area contributed by atoms with Crippen molar-refractivity contribution in [2.45, 2.75) is 38.1 Å². The van der Waals surface area contributed by atoms with Gasteiger partial charge in [0.05, 0.1) is 19.1 Å². The second-order valence-electron chi connectivity index (χ2n) is 5.95. The lowest BCUT2D eigenvalue weighted by Crippen LogP contribution is -2.39. The van der Waals surface area contributed by atoms with Crippen LogP contribution in [0.5, 0.6) is 11.5 Å². The van der Waals surface area contributed by atoms with E-state index in [1.807, 2.05) is 29.2 Å². The van der Waals surface area contributed by atoms with Crippen molar-refractivity contribution in [3.63, 3.8) is 0 Å². The molecule has 3 rings (SSSR count). The van der Waals surface area contributed by atoms with Gasteiger partial charge < -0.3 is 9.47 Å². The first-order valence-electron chi connectivity index (χ1n) is 8.13. The van der Waals surface area contributed by atoms with Crippen LogP contribution >= 0.6 is 24.0 Å². The highest BCUT2D eigenvalue weighted by Gasteiger charge is 2.37. The van der Waals surface area contributed by atoms with Gasteiger partial charge in [-0.25, -0.2) is 0 Å². The number of rotatable bonds is 4. The number of amides is 1. The lowest BCUT2D eigenvalue weighted by molar-refractivity contribution is -0.124. The molecule has 0 radical (unpaired) electrons. The minimum absolute atomic E-state index is 0.0155. The van der Waals surface area contributed by atoms with Gasteiger partial charge in [-0.2, -0.15) is 0 Å². The Morgan fingerprint density at radius 3 is 2.62 bits per heavy atom. The number of hydrogen-bond donors (Lipinski definition) is 0. The molecule has 0 spiro atoms. The van der Waals surface area contributed by atoms with E-state index in [1.54, 1.807) is 14.2 Å². The van der Waals surface area contributed by atoms with Gasteiger partial charge in [0.25, 0.3) is 5.91 Å². The van der Waals surface area contributed by atoms with Crippen LogP contribution in [0.25, 0.3) is 6.08 Å². The molecule has 1 aliphatic carbocycles. The summed E-state index contributed by atoms with van der Waals surface area (Å²) in [5.41, 5.74) is 0.820. The summed E-state index contributed by atoms with van der Waals surface area (Å²) in [5, 5.41) is 0. The van der Waals surface area contributed by atoms with Crippen LogP contribution in [0.3, 0.4) is 0 Å². The predicted octanol–water partition coefficient (Wildman–Crippen LogP) is 4.24. The van der Waals surface area contributed by atoms with Crippen molar-refractivity contribution in [3.8, 4) is 11.5 Å². The zero-order valence-electron chi connectivity index (χ0n) is 13.9. The Labute approximate surface area is 152 Å². The van der Waals surface area contributed by atoms with Gasteiger partial charge in [0.1, 0.15) is 15.8 Å². The van der Waals surface area contributed by atoms with Gasteiger partial charge in [0.15, 0.2) is 0 Å². The lowest BCUT2D eigenvalue weighted by atomic mass is 9.94. The molecule has 128 valence electrons. The SMILES string of the molecule is COc1ccc(OC)c(/C=C2\SC(=S)N(C3CCCCC3)C2=O)c1. The molecule has 1 amide bonds. The molecule has 1 aliphatic heterocycles. The molecule has 0 N–H and O–H groups in total. The molecule has 0 atom stereocenters. The summed E-state index contributed by atoms with van der Waals surface area (Å²) >= 11 is 6.85. The highest BCUT2D eigenvalue weighted by atomic mass is 32.2. The molecule has 0 aromatic heterocycles. The molecule has 1 heterocycles. The van der Waals surface area contributed by atoms with Crippen molar-refractivity contribution in [1.82, 2.24) is 4.90 Å². The molecule has 2 aliphatic rings. The van der Waals surface area contributed by atoms with Crippen molar-refractivity contribution >= 4 is 40.3 Å². The van der Waals surface area contributed by atoms with Crippen molar-refractivity contribution in [1.29, 1.82) is 0 Å². The van der Waals surface area contributed by atoms with E-state index in [-0.39, 0.29) is 11.9 Å². The van der Waals surface area contributed by atoms with E-state index in [0.717, 1.165) is 24.2 Å². The first-order chi connectivity index (χ1) is 11.6. The van der Waals surface area contributed by atoms with Gasteiger partial charge in [-0.15, -0.1) is 0 Å². The van der Waals surface area contributed by atoms with Gasteiger partial charge in [-0.1, -0.05) is 43.2 Å². The average Bonchev–Trinajstić information content (AvgIpc) is 2.89. The minimum atomic E-state index is 0.0155. The third-order valence-corrected chi connectivity index (χ3v) is 5.82. The van der Waals surface area contributed by atoms with Crippen LogP contribution in [-0.2, 0) is 4.79 Å². The molecule has 4 nitrogen and oxygen atoms in total. The van der Waals surface area contributed by atoms with Crippen molar-refractivity contribution in [3.05, 3.63) is 28.7 Å². The van der Waals surface area contributed by atoms with Crippen molar-refractivity contribution in [2.24, 2.45) is 0 Å². The van der Waals surface area contributed by atoms with Gasteiger partial charge in [-0.05, 0) is 37.1 Å². The van der Waals surface area contributed by atoms with E-state index in [2.05, 4.69) is 0 Å². The highest BCUT2D eigenvalue weighted by Crippen LogP contribution is 2.38. The lowest BCUT2D eigenvalue weighted by Gasteiger charge is -2.29. The van der Waals surface area contributed by atoms with Crippen LogP contribution in [0.1, 0.15) is 37.7 Å². The Hall–Kier alpha value is -1.53. The molecule has 24 heavy (non-hydrogen) atoms. The number of ether oxygens (including phenoxy) is 2. The van der Waals surface area contributed by atoms with Crippen molar-refractivity contribution in [2.75, 3.05) is 14.2 Å². The minimum Gasteiger partial charge on any atom is -0.497 e. The third kappa shape index (κ3) is 3.44. The second-order valence-corrected chi connectivity index (χ2v) is 7.63. The summed E-state index contributed by atoms with van der Waals surface area (Å²) < 4.78 is 11.3. The monoisotopic (exact) mass is 363 g/mol. The average molecular weight is 364 g/mol. The third-order valence-electron chi connectivity index (χ3n) is 4.49. The molecule has 0 unspecified atom stereocenters. The fraction of sp³-hybridized carbons (Fsp3) is 0.444. The quantitative estimate of drug-likeness (QED) is 0.591. The molecule has 1 aromatic rings. The maximum Gasteiger partial charge on any atom is 0.266 e. The summed E-state index contributed by atoms with van der Waals surface area (Å²) in [7, 11) is 3.24. The second kappa shape index (κ2) is 7.57. The van der Waals surface area contributed by atoms with E-state index in [4.69, 9.17) is 21.7 Å². The van der Waals surface area contributed by atoms with Gasteiger partial charge in [-0.3, -0.25) is 9.69 Å². The van der Waals surface area contributed by atoms with Crippen LogP contribution in [0, 0.1) is 0 Å². The number of thiocarbonyl (C=S) groups is 1. The zero-order chi connectivity index (χ0) is 17.1. The number of carbonyl (C=O) groups excluding carboxylic acids is 1. The van der Waals surface area contributed by atoms with Gasteiger partial charge in [0, 0.05) is 11.6 Å². The van der Waals surface area contributed by atoms with Crippen LogP contribution in [0.2, 0.25) is 0 Å². The molecule has 1 saturated heterocycles. The number of hydrogen-bond acceptors (Lipinski definition) is 5. The summed E-state index contributed by atoms with van der Waals surface area (Å²) in [6, 6.07) is 5.80. The molecule has 1 aromatic carbocycles. The largest absolute Gasteiger partial charge is 0.497 e. The molecule has 6 heteroatoms. The summed E-state index contributed by atoms with van der Waals surface area (Å²) in [4.78, 5) is 15.3.